The van der Waals surface area contributed by atoms with Gasteiger partial charge in [-0.25, -0.2) is 5.01 Å². The molecule has 2 aromatic carbocycles. The molecule has 2 fully saturated rings. The van der Waals surface area contributed by atoms with Gasteiger partial charge in [-0.05, 0) is 36.5 Å². The minimum atomic E-state index is -0.976. The largest absolute Gasteiger partial charge is 0.497 e. The molecular weight excluding hydrogens is 454 g/mol. The predicted molar refractivity (Wildman–Crippen MR) is 121 cm³/mol. The smallest absolute Gasteiger partial charge is 0.282 e. The molecule has 5 rings (SSSR count). The Hall–Kier alpha value is -4.34. The Balaban J connectivity index is 1.54. The molecule has 2 aliphatic carbocycles. The highest BCUT2D eigenvalue weighted by atomic mass is 16.6. The fraction of sp³-hybridized carbons (Fsp3) is 0.280. The number of hydrogen-bond donors (Lipinski definition) is 0. The zero-order chi connectivity index (χ0) is 24.9. The maximum absolute atomic E-state index is 13.6. The topological polar surface area (TPSA) is 127 Å². The second-order valence-electron chi connectivity index (χ2n) is 8.78. The summed E-state index contributed by atoms with van der Waals surface area (Å²) in [5.41, 5.74) is -0.613. The molecule has 35 heavy (non-hydrogen) atoms. The van der Waals surface area contributed by atoms with Crippen molar-refractivity contribution in [1.29, 1.82) is 0 Å². The van der Waals surface area contributed by atoms with Crippen LogP contribution in [0.4, 0.5) is 5.69 Å². The van der Waals surface area contributed by atoms with Gasteiger partial charge in [0.2, 0.25) is 0 Å². The summed E-state index contributed by atoms with van der Waals surface area (Å²) in [6.45, 7) is -0.655. The van der Waals surface area contributed by atoms with Crippen molar-refractivity contribution < 1.29 is 28.8 Å². The molecule has 0 aromatic heterocycles. The Bertz CT molecular complexity index is 1270. The molecule has 0 radical (unpaired) electrons. The number of ether oxygens (including phenoxy) is 1. The molecule has 2 aromatic rings. The fourth-order valence-corrected chi connectivity index (χ4v) is 5.33. The highest BCUT2D eigenvalue weighted by molar-refractivity contribution is 6.11. The third-order valence-electron chi connectivity index (χ3n) is 6.94. The fourth-order valence-electron chi connectivity index (χ4n) is 5.33. The predicted octanol–water partition coefficient (Wildman–Crippen LogP) is 2.65. The van der Waals surface area contributed by atoms with Crippen LogP contribution in [0.5, 0.6) is 5.75 Å². The summed E-state index contributed by atoms with van der Waals surface area (Å²) < 4.78 is 5.15. The van der Waals surface area contributed by atoms with Crippen LogP contribution < -0.4 is 4.74 Å². The number of Topliss-reactive ketones (excluding diaryl/α,β-unsaturated/α-hetero) is 1. The Morgan fingerprint density at radius 3 is 2.34 bits per heavy atom. The summed E-state index contributed by atoms with van der Waals surface area (Å²) in [5, 5.41) is 13.1. The second-order valence-corrected chi connectivity index (χ2v) is 8.78. The number of amides is 3. The highest BCUT2D eigenvalue weighted by Crippen LogP contribution is 2.52. The first-order valence-corrected chi connectivity index (χ1v) is 11.1. The number of nitro benzene ring substituents is 1. The molecule has 10 nitrogen and oxygen atoms in total. The molecule has 3 aliphatic rings. The van der Waals surface area contributed by atoms with Crippen LogP contribution in [0.2, 0.25) is 0 Å². The molecule has 2 bridgehead atoms. The number of nitrogens with zero attached hydrogens (tertiary/aromatic N) is 3. The van der Waals surface area contributed by atoms with Crippen LogP contribution in [0.3, 0.4) is 0 Å². The first kappa shape index (κ1) is 22.5. The van der Waals surface area contributed by atoms with Crippen LogP contribution in [-0.2, 0) is 9.59 Å². The molecule has 4 atom stereocenters. The van der Waals surface area contributed by atoms with E-state index in [0.717, 1.165) is 16.1 Å². The van der Waals surface area contributed by atoms with E-state index in [0.29, 0.717) is 12.2 Å². The number of carbonyl (C=O) groups is 4. The lowest BCUT2D eigenvalue weighted by molar-refractivity contribution is -0.385. The summed E-state index contributed by atoms with van der Waals surface area (Å²) >= 11 is 0. The number of para-hydroxylation sites is 1. The van der Waals surface area contributed by atoms with Gasteiger partial charge < -0.3 is 4.74 Å². The van der Waals surface area contributed by atoms with Crippen molar-refractivity contribution in [2.45, 2.75) is 6.42 Å². The molecule has 1 heterocycles. The number of ketones is 1. The van der Waals surface area contributed by atoms with Crippen LogP contribution in [0.25, 0.3) is 0 Å². The Kier molecular flexibility index (Phi) is 5.43. The summed E-state index contributed by atoms with van der Waals surface area (Å²) in [7, 11) is 1.44. The molecule has 0 N–H and O–H groups in total. The number of benzene rings is 2. The number of hydrazine groups is 1. The first-order chi connectivity index (χ1) is 16.8. The van der Waals surface area contributed by atoms with Gasteiger partial charge in [0.05, 0.1) is 23.9 Å². The second kappa shape index (κ2) is 8.46. The minimum absolute atomic E-state index is 0.108. The first-order valence-electron chi connectivity index (χ1n) is 11.1. The van der Waals surface area contributed by atoms with Gasteiger partial charge in [0.1, 0.15) is 17.9 Å². The molecule has 1 aliphatic heterocycles. The monoisotopic (exact) mass is 475 g/mol. The Labute approximate surface area is 199 Å². The van der Waals surface area contributed by atoms with Gasteiger partial charge in [-0.2, -0.15) is 5.01 Å². The molecule has 1 saturated heterocycles. The van der Waals surface area contributed by atoms with Crippen LogP contribution >= 0.6 is 0 Å². The standard InChI is InChI=1S/C25H21N3O7/c1-35-17-6-4-5-14(12-17)20(29)13-26(23(30)18-7-2-3-8-19(18)28(33)34)27-24(31)21-15-9-10-16(11-15)22(21)25(27)32/h2-10,12,15-16,21-22H,11,13H2,1H3/t15-,16-,21-,22-/m0/s1. The van der Waals surface area contributed by atoms with E-state index in [2.05, 4.69) is 0 Å². The van der Waals surface area contributed by atoms with Crippen LogP contribution in [0, 0.1) is 33.8 Å². The quantitative estimate of drug-likeness (QED) is 0.198. The van der Waals surface area contributed by atoms with Crippen LogP contribution in [0.15, 0.2) is 60.7 Å². The summed E-state index contributed by atoms with van der Waals surface area (Å²) in [5.74, 6) is -3.68. The third kappa shape index (κ3) is 3.58. The van der Waals surface area contributed by atoms with Gasteiger partial charge in [0.25, 0.3) is 23.4 Å². The van der Waals surface area contributed by atoms with E-state index in [-0.39, 0.29) is 23.0 Å². The van der Waals surface area contributed by atoms with Crippen molar-refractivity contribution in [3.8, 4) is 5.75 Å². The Morgan fingerprint density at radius 1 is 1.06 bits per heavy atom. The molecule has 1 saturated carbocycles. The van der Waals surface area contributed by atoms with Gasteiger partial charge in [-0.15, -0.1) is 0 Å². The van der Waals surface area contributed by atoms with Crippen molar-refractivity contribution in [1.82, 2.24) is 10.0 Å². The SMILES string of the molecule is COc1cccc(C(=O)CN(C(=O)c2ccccc2[N+](=O)[O-])N2C(=O)[C@@H]3[C@@H](C2=O)[C@H]2C=C[C@H]3C2)c1. The van der Waals surface area contributed by atoms with Gasteiger partial charge in [0.15, 0.2) is 5.78 Å². The zero-order valence-corrected chi connectivity index (χ0v) is 18.7. The number of nitro groups is 1. The van der Waals surface area contributed by atoms with Crippen molar-refractivity contribution in [2.24, 2.45) is 23.7 Å². The maximum Gasteiger partial charge on any atom is 0.282 e. The lowest BCUT2D eigenvalue weighted by atomic mass is 9.85. The van der Waals surface area contributed by atoms with Crippen molar-refractivity contribution in [2.75, 3.05) is 13.7 Å². The number of imide groups is 1. The maximum atomic E-state index is 13.6. The van der Waals surface area contributed by atoms with E-state index in [1.165, 1.54) is 37.4 Å². The highest BCUT2D eigenvalue weighted by Gasteiger charge is 2.61. The number of rotatable bonds is 7. The number of carbonyl (C=O) groups excluding carboxylic acids is 4. The normalized spacial score (nSPS) is 24.0. The molecule has 0 unspecified atom stereocenters. The molecule has 3 amide bonds. The van der Waals surface area contributed by atoms with Crippen molar-refractivity contribution in [3.05, 3.63) is 81.9 Å². The summed E-state index contributed by atoms with van der Waals surface area (Å²) in [6, 6.07) is 11.5. The van der Waals surface area contributed by atoms with Crippen molar-refractivity contribution >= 4 is 29.2 Å². The zero-order valence-electron chi connectivity index (χ0n) is 18.7. The minimum Gasteiger partial charge on any atom is -0.497 e. The van der Waals surface area contributed by atoms with E-state index in [4.69, 9.17) is 4.74 Å². The lowest BCUT2D eigenvalue weighted by Gasteiger charge is -2.30. The van der Waals surface area contributed by atoms with Gasteiger partial charge in [-0.3, -0.25) is 29.3 Å². The van der Waals surface area contributed by atoms with Crippen molar-refractivity contribution in [3.63, 3.8) is 0 Å². The van der Waals surface area contributed by atoms with Gasteiger partial charge >= 0.3 is 0 Å². The molecule has 178 valence electrons. The number of allylic oxidation sites excluding steroid dienone is 2. The van der Waals surface area contributed by atoms with E-state index in [1.807, 2.05) is 12.2 Å². The number of fused-ring (bicyclic) bond motifs is 5. The average Bonchev–Trinajstić information content (AvgIpc) is 3.56. The molecule has 10 heteroatoms. The summed E-state index contributed by atoms with van der Waals surface area (Å²) in [4.78, 5) is 64.5. The Morgan fingerprint density at radius 2 is 1.71 bits per heavy atom. The van der Waals surface area contributed by atoms with Gasteiger partial charge in [-0.1, -0.05) is 36.4 Å². The van der Waals surface area contributed by atoms with E-state index in [9.17, 15) is 29.3 Å². The van der Waals surface area contributed by atoms with Gasteiger partial charge in [0, 0.05) is 11.6 Å². The summed E-state index contributed by atoms with van der Waals surface area (Å²) in [6.07, 6.45) is 4.52. The third-order valence-corrected chi connectivity index (χ3v) is 6.94. The molecule has 0 spiro atoms. The molecular formula is C25H21N3O7. The van der Waals surface area contributed by atoms with E-state index < -0.39 is 52.5 Å². The number of hydrogen-bond acceptors (Lipinski definition) is 7. The van der Waals surface area contributed by atoms with Crippen LogP contribution in [0.1, 0.15) is 27.1 Å². The average molecular weight is 475 g/mol. The lowest BCUT2D eigenvalue weighted by Crippen LogP contribution is -2.52. The van der Waals surface area contributed by atoms with E-state index >= 15 is 0 Å². The van der Waals surface area contributed by atoms with Crippen LogP contribution in [-0.4, -0.2) is 52.1 Å². The number of methoxy groups -OCH3 is 1. The van der Waals surface area contributed by atoms with E-state index in [1.54, 1.807) is 12.1 Å².